The fourth-order valence-electron chi connectivity index (χ4n) is 2.18. The molecular weight excluding hydrogens is 332 g/mol. The zero-order valence-electron chi connectivity index (χ0n) is 11.5. The Morgan fingerprint density at radius 2 is 1.71 bits per heavy atom. The first kappa shape index (κ1) is 16.6. The zero-order chi connectivity index (χ0) is 15.4. The lowest BCUT2D eigenvalue weighted by Crippen LogP contribution is -2.24. The van der Waals surface area contributed by atoms with Crippen LogP contribution < -0.4 is 5.32 Å². The third-order valence-corrected chi connectivity index (χ3v) is 4.16. The van der Waals surface area contributed by atoms with Crippen molar-refractivity contribution < 1.29 is 4.39 Å². The van der Waals surface area contributed by atoms with Crippen LogP contribution >= 0.6 is 34.8 Å². The van der Waals surface area contributed by atoms with Gasteiger partial charge >= 0.3 is 0 Å². The van der Waals surface area contributed by atoms with Gasteiger partial charge in [0, 0.05) is 20.6 Å². The molecule has 0 aliphatic rings. The Bertz CT molecular complexity index is 611. The van der Waals surface area contributed by atoms with Crippen molar-refractivity contribution in [1.82, 2.24) is 5.32 Å². The molecule has 1 nitrogen and oxygen atoms in total. The van der Waals surface area contributed by atoms with Crippen LogP contribution in [0.3, 0.4) is 0 Å². The molecule has 0 fully saturated rings. The predicted octanol–water partition coefficient (Wildman–Crippen LogP) is 5.87. The SMILES string of the molecule is CCCNC(c1cc(F)ccc1Cl)c1c(Cl)cccc1Cl. The summed E-state index contributed by atoms with van der Waals surface area (Å²) in [4.78, 5) is 0. The van der Waals surface area contributed by atoms with Crippen molar-refractivity contribution in [2.75, 3.05) is 6.54 Å². The van der Waals surface area contributed by atoms with Crippen LogP contribution in [-0.2, 0) is 0 Å². The highest BCUT2D eigenvalue weighted by atomic mass is 35.5. The fourth-order valence-corrected chi connectivity index (χ4v) is 3.02. The van der Waals surface area contributed by atoms with Crippen molar-refractivity contribution in [2.45, 2.75) is 19.4 Å². The molecule has 0 spiro atoms. The molecule has 0 saturated carbocycles. The standard InChI is InChI=1S/C16H15Cl3FN/c1-2-8-21-16(11-9-10(20)6-7-12(11)17)15-13(18)4-3-5-14(15)19/h3-7,9,16,21H,2,8H2,1H3. The topological polar surface area (TPSA) is 12.0 Å². The molecular formula is C16H15Cl3FN. The van der Waals surface area contributed by atoms with Gasteiger partial charge in [0.15, 0.2) is 0 Å². The summed E-state index contributed by atoms with van der Waals surface area (Å²) in [6, 6.07) is 9.23. The summed E-state index contributed by atoms with van der Waals surface area (Å²) in [5.41, 5.74) is 1.34. The Morgan fingerprint density at radius 3 is 2.33 bits per heavy atom. The molecule has 0 radical (unpaired) electrons. The first-order valence-electron chi connectivity index (χ1n) is 6.66. The Labute approximate surface area is 139 Å². The number of hydrogen-bond acceptors (Lipinski definition) is 1. The summed E-state index contributed by atoms with van der Waals surface area (Å²) >= 11 is 18.8. The van der Waals surface area contributed by atoms with Crippen LogP contribution in [0, 0.1) is 5.82 Å². The molecule has 5 heteroatoms. The van der Waals surface area contributed by atoms with Gasteiger partial charge in [-0.15, -0.1) is 0 Å². The van der Waals surface area contributed by atoms with Crippen LogP contribution in [0.25, 0.3) is 0 Å². The van der Waals surface area contributed by atoms with Crippen LogP contribution in [0.1, 0.15) is 30.5 Å². The molecule has 1 N–H and O–H groups in total. The molecule has 1 unspecified atom stereocenters. The Kier molecular flexibility index (Phi) is 5.88. The van der Waals surface area contributed by atoms with Gasteiger partial charge in [-0.2, -0.15) is 0 Å². The first-order chi connectivity index (χ1) is 10.0. The minimum atomic E-state index is -0.352. The molecule has 0 aliphatic carbocycles. The summed E-state index contributed by atoms with van der Waals surface area (Å²) in [5.74, 6) is -0.346. The quantitative estimate of drug-likeness (QED) is 0.713. The van der Waals surface area contributed by atoms with Crippen molar-refractivity contribution in [3.63, 3.8) is 0 Å². The Balaban J connectivity index is 2.55. The number of benzene rings is 2. The molecule has 0 amide bonds. The molecule has 21 heavy (non-hydrogen) atoms. The van der Waals surface area contributed by atoms with E-state index in [0.717, 1.165) is 13.0 Å². The van der Waals surface area contributed by atoms with Crippen molar-refractivity contribution in [1.29, 1.82) is 0 Å². The molecule has 1 atom stereocenters. The van der Waals surface area contributed by atoms with E-state index in [2.05, 4.69) is 5.32 Å². The van der Waals surface area contributed by atoms with E-state index in [1.54, 1.807) is 18.2 Å². The van der Waals surface area contributed by atoms with Gasteiger partial charge in [-0.05, 0) is 48.9 Å². The molecule has 0 saturated heterocycles. The molecule has 0 heterocycles. The van der Waals surface area contributed by atoms with Gasteiger partial charge in [0.2, 0.25) is 0 Å². The van der Waals surface area contributed by atoms with E-state index in [9.17, 15) is 4.39 Å². The van der Waals surface area contributed by atoms with Gasteiger partial charge in [-0.25, -0.2) is 4.39 Å². The highest BCUT2D eigenvalue weighted by Crippen LogP contribution is 2.37. The van der Waals surface area contributed by atoms with Crippen molar-refractivity contribution in [3.8, 4) is 0 Å². The second kappa shape index (κ2) is 7.46. The van der Waals surface area contributed by atoms with Crippen LogP contribution in [0.5, 0.6) is 0 Å². The second-order valence-electron chi connectivity index (χ2n) is 4.69. The number of rotatable bonds is 5. The predicted molar refractivity (Wildman–Crippen MR) is 88.0 cm³/mol. The summed E-state index contributed by atoms with van der Waals surface area (Å²) in [5, 5.41) is 4.85. The van der Waals surface area contributed by atoms with Crippen LogP contribution in [0.4, 0.5) is 4.39 Å². The minimum absolute atomic E-state index is 0.346. The van der Waals surface area contributed by atoms with E-state index < -0.39 is 0 Å². The summed E-state index contributed by atoms with van der Waals surface area (Å²) in [7, 11) is 0. The van der Waals surface area contributed by atoms with Gasteiger partial charge in [0.05, 0.1) is 6.04 Å². The van der Waals surface area contributed by atoms with E-state index in [1.165, 1.54) is 18.2 Å². The maximum Gasteiger partial charge on any atom is 0.123 e. The van der Waals surface area contributed by atoms with Crippen LogP contribution in [0.15, 0.2) is 36.4 Å². The van der Waals surface area contributed by atoms with E-state index in [4.69, 9.17) is 34.8 Å². The molecule has 0 aliphatic heterocycles. The van der Waals surface area contributed by atoms with Crippen molar-refractivity contribution >= 4 is 34.8 Å². The highest BCUT2D eigenvalue weighted by Gasteiger charge is 2.22. The summed E-state index contributed by atoms with van der Waals surface area (Å²) < 4.78 is 13.6. The molecule has 112 valence electrons. The minimum Gasteiger partial charge on any atom is -0.306 e. The third-order valence-electron chi connectivity index (χ3n) is 3.16. The fraction of sp³-hybridized carbons (Fsp3) is 0.250. The average Bonchev–Trinajstić information content (AvgIpc) is 2.45. The van der Waals surface area contributed by atoms with Gasteiger partial charge in [-0.3, -0.25) is 0 Å². The first-order valence-corrected chi connectivity index (χ1v) is 7.80. The van der Waals surface area contributed by atoms with Gasteiger partial charge in [-0.1, -0.05) is 47.8 Å². The molecule has 2 aromatic rings. The second-order valence-corrected chi connectivity index (χ2v) is 5.91. The number of nitrogens with one attached hydrogen (secondary N) is 1. The van der Waals surface area contributed by atoms with Gasteiger partial charge in [0.1, 0.15) is 5.82 Å². The van der Waals surface area contributed by atoms with Crippen LogP contribution in [0.2, 0.25) is 15.1 Å². The van der Waals surface area contributed by atoms with E-state index in [1.807, 2.05) is 6.92 Å². The Morgan fingerprint density at radius 1 is 1.05 bits per heavy atom. The highest BCUT2D eigenvalue weighted by molar-refractivity contribution is 6.36. The number of hydrogen-bond donors (Lipinski definition) is 1. The lowest BCUT2D eigenvalue weighted by molar-refractivity contribution is 0.586. The normalized spacial score (nSPS) is 12.4. The molecule has 2 rings (SSSR count). The average molecular weight is 347 g/mol. The number of halogens is 4. The van der Waals surface area contributed by atoms with Gasteiger partial charge in [0.25, 0.3) is 0 Å². The smallest absolute Gasteiger partial charge is 0.123 e. The molecule has 0 bridgehead atoms. The third kappa shape index (κ3) is 3.89. The summed E-state index contributed by atoms with van der Waals surface area (Å²) in [6.07, 6.45) is 0.922. The van der Waals surface area contributed by atoms with Crippen molar-refractivity contribution in [3.05, 3.63) is 68.4 Å². The lowest BCUT2D eigenvalue weighted by atomic mass is 9.98. The molecule has 0 aromatic heterocycles. The Hall–Kier alpha value is -0.800. The summed E-state index contributed by atoms with van der Waals surface area (Å²) in [6.45, 7) is 2.78. The van der Waals surface area contributed by atoms with E-state index in [0.29, 0.717) is 26.2 Å². The van der Waals surface area contributed by atoms with E-state index >= 15 is 0 Å². The largest absolute Gasteiger partial charge is 0.306 e. The van der Waals surface area contributed by atoms with Crippen molar-refractivity contribution in [2.24, 2.45) is 0 Å². The maximum absolute atomic E-state index is 13.6. The molecule has 2 aromatic carbocycles. The lowest BCUT2D eigenvalue weighted by Gasteiger charge is -2.23. The zero-order valence-corrected chi connectivity index (χ0v) is 13.7. The van der Waals surface area contributed by atoms with E-state index in [-0.39, 0.29) is 11.9 Å². The van der Waals surface area contributed by atoms with Gasteiger partial charge < -0.3 is 5.32 Å². The maximum atomic E-state index is 13.6. The van der Waals surface area contributed by atoms with Crippen LogP contribution in [-0.4, -0.2) is 6.54 Å². The monoisotopic (exact) mass is 345 g/mol.